The molecule has 0 radical (unpaired) electrons. The number of benzene rings is 1. The molecule has 0 aromatic heterocycles. The van der Waals surface area contributed by atoms with E-state index in [2.05, 4.69) is 0 Å². The lowest BCUT2D eigenvalue weighted by Crippen LogP contribution is -2.29. The summed E-state index contributed by atoms with van der Waals surface area (Å²) in [6, 6.07) is 5.37. The molecule has 2 nitrogen and oxygen atoms in total. The summed E-state index contributed by atoms with van der Waals surface area (Å²) in [6.07, 6.45) is 0. The third-order valence-corrected chi connectivity index (χ3v) is 4.53. The van der Waals surface area contributed by atoms with Gasteiger partial charge in [-0.2, -0.15) is 0 Å². The molecule has 1 aliphatic rings. The average molecular weight is 230 g/mol. The minimum atomic E-state index is -0.913. The molecule has 3 atom stereocenters. The highest BCUT2D eigenvalue weighted by Gasteiger charge is 2.28. The average Bonchev–Trinajstić information content (AvgIpc) is 2.14. The van der Waals surface area contributed by atoms with Gasteiger partial charge < -0.3 is 5.73 Å². The maximum atomic E-state index is 11.8. The van der Waals surface area contributed by atoms with Crippen LogP contribution in [0.5, 0.6) is 0 Å². The Kier molecular flexibility index (Phi) is 2.64. The second-order valence-corrected chi connectivity index (χ2v) is 5.60. The minimum absolute atomic E-state index is 0.0404. The quantitative estimate of drug-likeness (QED) is 0.741. The summed E-state index contributed by atoms with van der Waals surface area (Å²) in [5, 5.41) is 0.658. The Morgan fingerprint density at radius 2 is 2.29 bits per heavy atom. The van der Waals surface area contributed by atoms with Gasteiger partial charge in [-0.25, -0.2) is 0 Å². The normalized spacial score (nSPS) is 31.2. The number of halogens is 1. The maximum absolute atomic E-state index is 11.8. The Morgan fingerprint density at radius 3 is 3.00 bits per heavy atom. The fourth-order valence-electron chi connectivity index (χ4n) is 1.73. The lowest BCUT2D eigenvalue weighted by atomic mass is 9.96. The zero-order valence-electron chi connectivity index (χ0n) is 7.87. The smallest absolute Gasteiger partial charge is 0.0536 e. The van der Waals surface area contributed by atoms with Crippen molar-refractivity contribution in [3.63, 3.8) is 0 Å². The molecule has 0 saturated heterocycles. The third-order valence-electron chi connectivity index (χ3n) is 2.60. The second kappa shape index (κ2) is 3.65. The van der Waals surface area contributed by atoms with E-state index in [-0.39, 0.29) is 12.0 Å². The van der Waals surface area contributed by atoms with Gasteiger partial charge in [0.05, 0.1) is 10.8 Å². The highest BCUT2D eigenvalue weighted by atomic mass is 35.5. The van der Waals surface area contributed by atoms with Crippen molar-refractivity contribution in [2.75, 3.05) is 5.75 Å². The highest BCUT2D eigenvalue weighted by Crippen LogP contribution is 2.33. The SMILES string of the molecule is CC1CS(=O)c2ccc(Cl)cc2C1N. The summed E-state index contributed by atoms with van der Waals surface area (Å²) in [4.78, 5) is 0.847. The molecule has 3 unspecified atom stereocenters. The van der Waals surface area contributed by atoms with Crippen LogP contribution in [0.2, 0.25) is 5.02 Å². The van der Waals surface area contributed by atoms with Crippen molar-refractivity contribution in [1.29, 1.82) is 0 Å². The number of fused-ring (bicyclic) bond motifs is 1. The summed E-state index contributed by atoms with van der Waals surface area (Å²) >= 11 is 5.88. The van der Waals surface area contributed by atoms with E-state index in [1.165, 1.54) is 0 Å². The van der Waals surface area contributed by atoms with Gasteiger partial charge in [-0.3, -0.25) is 4.21 Å². The maximum Gasteiger partial charge on any atom is 0.0536 e. The Morgan fingerprint density at radius 1 is 1.57 bits per heavy atom. The summed E-state index contributed by atoms with van der Waals surface area (Å²) in [5.41, 5.74) is 6.97. The molecule has 0 saturated carbocycles. The predicted molar refractivity (Wildman–Crippen MR) is 58.8 cm³/mol. The molecular formula is C10H12ClNOS. The fourth-order valence-corrected chi connectivity index (χ4v) is 3.45. The first-order chi connectivity index (χ1) is 6.59. The van der Waals surface area contributed by atoms with E-state index in [1.807, 2.05) is 19.1 Å². The van der Waals surface area contributed by atoms with Gasteiger partial charge in [0.15, 0.2) is 0 Å². The largest absolute Gasteiger partial charge is 0.324 e. The standard InChI is InChI=1S/C10H12ClNOS/c1-6-5-14(13)9-3-2-7(11)4-8(9)10(6)12/h2-4,6,10H,5,12H2,1H3. The number of rotatable bonds is 0. The van der Waals surface area contributed by atoms with Crippen molar-refractivity contribution >= 4 is 22.4 Å². The molecular weight excluding hydrogens is 218 g/mol. The highest BCUT2D eigenvalue weighted by molar-refractivity contribution is 7.85. The molecule has 1 aromatic rings. The monoisotopic (exact) mass is 229 g/mol. The Labute approximate surface area is 90.9 Å². The van der Waals surface area contributed by atoms with E-state index in [4.69, 9.17) is 17.3 Å². The summed E-state index contributed by atoms with van der Waals surface area (Å²) in [5.74, 6) is 0.900. The van der Waals surface area contributed by atoms with Gasteiger partial charge in [0, 0.05) is 21.7 Å². The van der Waals surface area contributed by atoms with E-state index < -0.39 is 10.8 Å². The lowest BCUT2D eigenvalue weighted by molar-refractivity contribution is 0.497. The number of hydrogen-bond acceptors (Lipinski definition) is 2. The Balaban J connectivity index is 2.56. The summed E-state index contributed by atoms with van der Waals surface area (Å²) in [6.45, 7) is 2.02. The van der Waals surface area contributed by atoms with E-state index in [9.17, 15) is 4.21 Å². The summed E-state index contributed by atoms with van der Waals surface area (Å²) in [7, 11) is -0.913. The zero-order chi connectivity index (χ0) is 10.3. The van der Waals surface area contributed by atoms with Crippen molar-refractivity contribution in [3.05, 3.63) is 28.8 Å². The van der Waals surface area contributed by atoms with Crippen LogP contribution in [-0.4, -0.2) is 9.96 Å². The molecule has 14 heavy (non-hydrogen) atoms. The molecule has 1 aromatic carbocycles. The topological polar surface area (TPSA) is 43.1 Å². The molecule has 76 valence electrons. The van der Waals surface area contributed by atoms with Crippen LogP contribution in [0.4, 0.5) is 0 Å². The molecule has 0 spiro atoms. The zero-order valence-corrected chi connectivity index (χ0v) is 9.44. The first-order valence-electron chi connectivity index (χ1n) is 4.53. The molecule has 0 amide bonds. The van der Waals surface area contributed by atoms with E-state index in [0.29, 0.717) is 10.8 Å². The van der Waals surface area contributed by atoms with Crippen LogP contribution < -0.4 is 5.73 Å². The summed E-state index contributed by atoms with van der Waals surface area (Å²) < 4.78 is 11.8. The van der Waals surface area contributed by atoms with Crippen LogP contribution >= 0.6 is 11.6 Å². The van der Waals surface area contributed by atoms with Gasteiger partial charge in [-0.15, -0.1) is 0 Å². The Hall–Kier alpha value is -0.380. The van der Waals surface area contributed by atoms with Crippen LogP contribution in [0.15, 0.2) is 23.1 Å². The van der Waals surface area contributed by atoms with E-state index >= 15 is 0 Å². The molecule has 2 rings (SSSR count). The van der Waals surface area contributed by atoms with Crippen molar-refractivity contribution < 1.29 is 4.21 Å². The van der Waals surface area contributed by atoms with Crippen LogP contribution in [0.1, 0.15) is 18.5 Å². The predicted octanol–water partition coefficient (Wildman–Crippen LogP) is 2.10. The van der Waals surface area contributed by atoms with Crippen LogP contribution in [0, 0.1) is 5.92 Å². The lowest BCUT2D eigenvalue weighted by Gasteiger charge is -2.27. The van der Waals surface area contributed by atoms with Gasteiger partial charge in [-0.1, -0.05) is 18.5 Å². The molecule has 1 heterocycles. The van der Waals surface area contributed by atoms with E-state index in [0.717, 1.165) is 10.5 Å². The molecule has 0 bridgehead atoms. The Bertz CT molecular complexity index is 394. The van der Waals surface area contributed by atoms with Crippen LogP contribution in [0.25, 0.3) is 0 Å². The van der Waals surface area contributed by atoms with Crippen molar-refractivity contribution in [2.45, 2.75) is 17.9 Å². The van der Waals surface area contributed by atoms with Crippen LogP contribution in [0.3, 0.4) is 0 Å². The molecule has 4 heteroatoms. The second-order valence-electron chi connectivity index (χ2n) is 3.70. The number of hydrogen-bond donors (Lipinski definition) is 1. The molecule has 1 aliphatic heterocycles. The van der Waals surface area contributed by atoms with Gasteiger partial charge in [0.25, 0.3) is 0 Å². The van der Waals surface area contributed by atoms with Gasteiger partial charge >= 0.3 is 0 Å². The molecule has 0 fully saturated rings. The fraction of sp³-hybridized carbons (Fsp3) is 0.400. The van der Waals surface area contributed by atoms with Crippen LogP contribution in [-0.2, 0) is 10.8 Å². The van der Waals surface area contributed by atoms with Gasteiger partial charge in [0.1, 0.15) is 0 Å². The first kappa shape index (κ1) is 10.1. The third kappa shape index (κ3) is 1.60. The minimum Gasteiger partial charge on any atom is -0.324 e. The van der Waals surface area contributed by atoms with Crippen molar-refractivity contribution in [2.24, 2.45) is 11.7 Å². The van der Waals surface area contributed by atoms with Gasteiger partial charge in [0.2, 0.25) is 0 Å². The van der Waals surface area contributed by atoms with Crippen molar-refractivity contribution in [3.8, 4) is 0 Å². The molecule has 2 N–H and O–H groups in total. The van der Waals surface area contributed by atoms with Crippen molar-refractivity contribution in [1.82, 2.24) is 0 Å². The van der Waals surface area contributed by atoms with Gasteiger partial charge in [-0.05, 0) is 29.7 Å². The van der Waals surface area contributed by atoms with E-state index in [1.54, 1.807) is 6.07 Å². The molecule has 0 aliphatic carbocycles. The first-order valence-corrected chi connectivity index (χ1v) is 6.22. The number of nitrogens with two attached hydrogens (primary N) is 1.